The topological polar surface area (TPSA) is 91.0 Å². The highest BCUT2D eigenvalue weighted by molar-refractivity contribution is 7.80. The van der Waals surface area contributed by atoms with E-state index in [4.69, 9.17) is 17.0 Å². The number of carbonyl (C=O) groups is 3. The van der Waals surface area contributed by atoms with E-state index in [-0.39, 0.29) is 23.6 Å². The van der Waals surface area contributed by atoms with E-state index in [0.717, 1.165) is 17.7 Å². The maximum absolute atomic E-state index is 13.4. The van der Waals surface area contributed by atoms with E-state index < -0.39 is 29.6 Å². The minimum absolute atomic E-state index is 0.0560. The SMILES string of the molecule is CCOc1cccc(NC(=O)CC2C(=O)N(Cc3ccccc3)C(=S)N2NC(=O)c2ccc(F)cc2)c1. The number of carbonyl (C=O) groups excluding carboxylic acids is 3. The Kier molecular flexibility index (Phi) is 8.09. The van der Waals surface area contributed by atoms with Gasteiger partial charge in [0, 0.05) is 17.3 Å². The van der Waals surface area contributed by atoms with Crippen molar-refractivity contribution in [1.82, 2.24) is 15.3 Å². The van der Waals surface area contributed by atoms with Gasteiger partial charge in [-0.2, -0.15) is 0 Å². The van der Waals surface area contributed by atoms with Crippen LogP contribution in [0.2, 0.25) is 0 Å². The minimum atomic E-state index is -1.07. The molecule has 1 fully saturated rings. The average Bonchev–Trinajstić information content (AvgIpc) is 3.09. The molecular formula is C27H25FN4O4S. The third-order valence-electron chi connectivity index (χ3n) is 5.62. The Hall–Kier alpha value is -4.31. The summed E-state index contributed by atoms with van der Waals surface area (Å²) in [5.41, 5.74) is 4.14. The number of nitrogens with zero attached hydrogens (tertiary/aromatic N) is 2. The second kappa shape index (κ2) is 11.6. The van der Waals surface area contributed by atoms with Crippen molar-refractivity contribution in [1.29, 1.82) is 0 Å². The highest BCUT2D eigenvalue weighted by Crippen LogP contribution is 2.23. The molecule has 4 rings (SSSR count). The van der Waals surface area contributed by atoms with Gasteiger partial charge in [0.05, 0.1) is 19.6 Å². The number of hydrogen-bond acceptors (Lipinski definition) is 5. The Morgan fingerprint density at radius 1 is 1.03 bits per heavy atom. The summed E-state index contributed by atoms with van der Waals surface area (Å²) in [5.74, 6) is -1.35. The second-order valence-electron chi connectivity index (χ2n) is 8.24. The number of halogens is 1. The summed E-state index contributed by atoms with van der Waals surface area (Å²) < 4.78 is 18.8. The van der Waals surface area contributed by atoms with Crippen LogP contribution in [0.1, 0.15) is 29.3 Å². The Morgan fingerprint density at radius 3 is 2.46 bits per heavy atom. The van der Waals surface area contributed by atoms with Gasteiger partial charge in [-0.25, -0.2) is 9.40 Å². The highest BCUT2D eigenvalue weighted by Gasteiger charge is 2.44. The number of nitrogens with one attached hydrogen (secondary N) is 2. The smallest absolute Gasteiger partial charge is 0.269 e. The summed E-state index contributed by atoms with van der Waals surface area (Å²) in [5, 5.41) is 4.05. The molecule has 1 saturated heterocycles. The van der Waals surface area contributed by atoms with Crippen LogP contribution in [0.15, 0.2) is 78.9 Å². The number of thiocarbonyl (C=S) groups is 1. The van der Waals surface area contributed by atoms with Crippen LogP contribution in [0.3, 0.4) is 0 Å². The van der Waals surface area contributed by atoms with Gasteiger partial charge >= 0.3 is 0 Å². The first-order chi connectivity index (χ1) is 17.9. The van der Waals surface area contributed by atoms with Crippen LogP contribution < -0.4 is 15.5 Å². The van der Waals surface area contributed by atoms with E-state index in [1.54, 1.807) is 24.3 Å². The van der Waals surface area contributed by atoms with Crippen molar-refractivity contribution < 1.29 is 23.5 Å². The summed E-state index contributed by atoms with van der Waals surface area (Å²) in [6, 6.07) is 20.0. The quantitative estimate of drug-likeness (QED) is 0.416. The maximum Gasteiger partial charge on any atom is 0.269 e. The van der Waals surface area contributed by atoms with Gasteiger partial charge in [-0.15, -0.1) is 0 Å². The van der Waals surface area contributed by atoms with E-state index in [9.17, 15) is 18.8 Å². The Labute approximate surface area is 219 Å². The van der Waals surface area contributed by atoms with Crippen LogP contribution in [-0.2, 0) is 16.1 Å². The number of rotatable bonds is 9. The van der Waals surface area contributed by atoms with Crippen LogP contribution in [0.5, 0.6) is 5.75 Å². The van der Waals surface area contributed by atoms with E-state index in [2.05, 4.69) is 10.7 Å². The van der Waals surface area contributed by atoms with Crippen LogP contribution >= 0.6 is 12.2 Å². The summed E-state index contributed by atoms with van der Waals surface area (Å²) in [6.07, 6.45) is -0.271. The fraction of sp³-hybridized carbons (Fsp3) is 0.185. The van der Waals surface area contributed by atoms with Crippen LogP contribution in [0.25, 0.3) is 0 Å². The van der Waals surface area contributed by atoms with E-state index >= 15 is 0 Å². The van der Waals surface area contributed by atoms with Crippen LogP contribution in [0, 0.1) is 5.82 Å². The van der Waals surface area contributed by atoms with Crippen molar-refractivity contribution in [2.75, 3.05) is 11.9 Å². The molecule has 0 aromatic heterocycles. The molecule has 3 aromatic carbocycles. The number of benzene rings is 3. The summed E-state index contributed by atoms with van der Waals surface area (Å²) in [6.45, 7) is 2.51. The molecule has 10 heteroatoms. The van der Waals surface area contributed by atoms with Gasteiger partial charge < -0.3 is 10.1 Å². The maximum atomic E-state index is 13.4. The van der Waals surface area contributed by atoms with Crippen molar-refractivity contribution in [3.63, 3.8) is 0 Å². The largest absolute Gasteiger partial charge is 0.494 e. The Balaban J connectivity index is 1.54. The molecule has 37 heavy (non-hydrogen) atoms. The predicted octanol–water partition coefficient (Wildman–Crippen LogP) is 3.90. The zero-order valence-corrected chi connectivity index (χ0v) is 20.8. The van der Waals surface area contributed by atoms with Crippen molar-refractivity contribution >= 4 is 40.7 Å². The van der Waals surface area contributed by atoms with Crippen molar-refractivity contribution in [3.8, 4) is 5.75 Å². The van der Waals surface area contributed by atoms with Gasteiger partial charge in [-0.05, 0) is 61.1 Å². The number of hydrazine groups is 1. The zero-order valence-electron chi connectivity index (χ0n) is 20.0. The third-order valence-corrected chi connectivity index (χ3v) is 6.04. The number of amides is 3. The van der Waals surface area contributed by atoms with Crippen LogP contribution in [-0.4, -0.2) is 45.4 Å². The normalized spacial score (nSPS) is 15.0. The number of anilines is 1. The summed E-state index contributed by atoms with van der Waals surface area (Å²) in [4.78, 5) is 40.6. The highest BCUT2D eigenvalue weighted by atomic mass is 32.1. The van der Waals surface area contributed by atoms with Gasteiger partial charge in [0.2, 0.25) is 5.91 Å². The predicted molar refractivity (Wildman–Crippen MR) is 140 cm³/mol. The van der Waals surface area contributed by atoms with Gasteiger partial charge in [-0.3, -0.25) is 24.7 Å². The Morgan fingerprint density at radius 2 is 1.76 bits per heavy atom. The van der Waals surface area contributed by atoms with Gasteiger partial charge in [-0.1, -0.05) is 36.4 Å². The lowest BCUT2D eigenvalue weighted by Gasteiger charge is -2.24. The molecule has 1 aliphatic rings. The number of hydrogen-bond donors (Lipinski definition) is 2. The molecular weight excluding hydrogens is 495 g/mol. The molecule has 8 nitrogen and oxygen atoms in total. The lowest BCUT2D eigenvalue weighted by Crippen LogP contribution is -2.49. The lowest BCUT2D eigenvalue weighted by molar-refractivity contribution is -0.131. The first-order valence-electron chi connectivity index (χ1n) is 11.6. The molecule has 0 saturated carbocycles. The third kappa shape index (κ3) is 6.28. The number of ether oxygens (including phenoxy) is 1. The molecule has 0 radical (unpaired) electrons. The fourth-order valence-corrected chi connectivity index (χ4v) is 4.18. The molecule has 3 aromatic rings. The van der Waals surface area contributed by atoms with Crippen LogP contribution in [0.4, 0.5) is 10.1 Å². The first kappa shape index (κ1) is 25.8. The first-order valence-corrected chi connectivity index (χ1v) is 12.0. The monoisotopic (exact) mass is 520 g/mol. The van der Waals surface area contributed by atoms with Gasteiger partial charge in [0.25, 0.3) is 11.8 Å². The zero-order chi connectivity index (χ0) is 26.4. The molecule has 0 aliphatic carbocycles. The molecule has 1 unspecified atom stereocenters. The molecule has 0 bridgehead atoms. The summed E-state index contributed by atoms with van der Waals surface area (Å²) in [7, 11) is 0. The average molecular weight is 521 g/mol. The van der Waals surface area contributed by atoms with Crippen molar-refractivity contribution in [3.05, 3.63) is 95.8 Å². The van der Waals surface area contributed by atoms with E-state index in [1.807, 2.05) is 37.3 Å². The summed E-state index contributed by atoms with van der Waals surface area (Å²) >= 11 is 5.54. The molecule has 0 spiro atoms. The molecule has 3 amide bonds. The van der Waals surface area contributed by atoms with Crippen molar-refractivity contribution in [2.24, 2.45) is 0 Å². The van der Waals surface area contributed by atoms with Gasteiger partial charge in [0.15, 0.2) is 5.11 Å². The molecule has 1 heterocycles. The molecule has 2 N–H and O–H groups in total. The van der Waals surface area contributed by atoms with E-state index in [0.29, 0.717) is 18.0 Å². The van der Waals surface area contributed by atoms with E-state index in [1.165, 1.54) is 22.0 Å². The lowest BCUT2D eigenvalue weighted by atomic mass is 10.1. The molecule has 1 atom stereocenters. The van der Waals surface area contributed by atoms with Gasteiger partial charge in [0.1, 0.15) is 17.6 Å². The molecule has 190 valence electrons. The van der Waals surface area contributed by atoms with Crippen molar-refractivity contribution in [2.45, 2.75) is 25.9 Å². The minimum Gasteiger partial charge on any atom is -0.494 e. The standard InChI is InChI=1S/C27H25FN4O4S/c1-2-36-22-10-6-9-21(15-22)29-24(33)16-23-26(35)31(17-18-7-4-3-5-8-18)27(37)32(23)30-25(34)19-11-13-20(28)14-12-19/h3-15,23H,2,16-17H2,1H3,(H,29,33)(H,30,34). The molecule has 1 aliphatic heterocycles. The second-order valence-corrected chi connectivity index (χ2v) is 8.60. The Bertz CT molecular complexity index is 1300. The fourth-order valence-electron chi connectivity index (χ4n) is 3.86.